The summed E-state index contributed by atoms with van der Waals surface area (Å²) in [6.45, 7) is 6.32. The molecule has 2 aromatic carbocycles. The van der Waals surface area contributed by atoms with Gasteiger partial charge in [0.25, 0.3) is 5.56 Å². The molecular weight excluding hydrogens is 342 g/mol. The Labute approximate surface area is 155 Å². The molecule has 0 fully saturated rings. The van der Waals surface area contributed by atoms with E-state index in [1.165, 1.54) is 22.1 Å². The number of aromatic nitrogens is 3. The van der Waals surface area contributed by atoms with E-state index in [2.05, 4.69) is 48.9 Å². The summed E-state index contributed by atoms with van der Waals surface area (Å²) in [6, 6.07) is 13.8. The maximum atomic E-state index is 12.2. The van der Waals surface area contributed by atoms with Crippen LogP contribution < -0.4 is 5.56 Å². The van der Waals surface area contributed by atoms with Gasteiger partial charge in [0.2, 0.25) is 0 Å². The molecule has 4 nitrogen and oxygen atoms in total. The average molecular weight is 361 g/mol. The molecule has 2 aromatic heterocycles. The van der Waals surface area contributed by atoms with Crippen molar-refractivity contribution in [2.45, 2.75) is 31.6 Å². The fraction of sp³-hybridized carbons (Fsp3) is 0.190. The number of nitrogens with one attached hydrogen (secondary N) is 1. The number of aryl methyl sites for hydroxylation is 3. The van der Waals surface area contributed by atoms with Gasteiger partial charge in [-0.1, -0.05) is 35.5 Å². The van der Waals surface area contributed by atoms with Crippen molar-refractivity contribution < 1.29 is 0 Å². The van der Waals surface area contributed by atoms with Crippen LogP contribution in [0.5, 0.6) is 0 Å². The highest BCUT2D eigenvalue weighted by atomic mass is 32.2. The van der Waals surface area contributed by atoms with Crippen LogP contribution >= 0.6 is 11.8 Å². The zero-order valence-corrected chi connectivity index (χ0v) is 15.8. The molecule has 0 aliphatic heterocycles. The summed E-state index contributed by atoms with van der Waals surface area (Å²) in [5, 5.41) is 2.76. The second-order valence-electron chi connectivity index (χ2n) is 6.57. The van der Waals surface area contributed by atoms with Crippen LogP contribution in [0, 0.1) is 20.8 Å². The highest BCUT2D eigenvalue weighted by Crippen LogP contribution is 2.28. The lowest BCUT2D eigenvalue weighted by Crippen LogP contribution is -2.11. The predicted octanol–water partition coefficient (Wildman–Crippen LogP) is 4.69. The molecule has 0 atom stereocenters. The maximum absolute atomic E-state index is 12.2. The number of H-pyrrole nitrogens is 1. The van der Waals surface area contributed by atoms with Crippen molar-refractivity contribution in [2.75, 3.05) is 0 Å². The van der Waals surface area contributed by atoms with Gasteiger partial charge < -0.3 is 4.98 Å². The molecule has 0 bridgehead atoms. The average Bonchev–Trinajstić information content (AvgIpc) is 2.61. The Hall–Kier alpha value is -2.66. The third-order valence-corrected chi connectivity index (χ3v) is 5.37. The minimum atomic E-state index is -0.0971. The molecule has 5 heteroatoms. The largest absolute Gasteiger partial charge is 0.309 e. The molecule has 4 rings (SSSR count). The number of fused-ring (bicyclic) bond motifs is 2. The zero-order valence-electron chi connectivity index (χ0n) is 15.0. The smallest absolute Gasteiger partial charge is 0.258 e. The third-order valence-electron chi connectivity index (χ3n) is 4.45. The van der Waals surface area contributed by atoms with E-state index in [1.54, 1.807) is 17.8 Å². The molecule has 1 N–H and O–H groups in total. The number of nitrogens with zero attached hydrogens (tertiary/aromatic N) is 2. The predicted molar refractivity (Wildman–Crippen MR) is 108 cm³/mol. The second kappa shape index (κ2) is 6.57. The van der Waals surface area contributed by atoms with Gasteiger partial charge in [-0.05, 0) is 56.2 Å². The first-order valence-electron chi connectivity index (χ1n) is 8.50. The summed E-state index contributed by atoms with van der Waals surface area (Å²) in [5.41, 5.74) is 5.31. The summed E-state index contributed by atoms with van der Waals surface area (Å²) in [5.74, 6) is 1.24. The monoisotopic (exact) mass is 361 g/mol. The molecule has 26 heavy (non-hydrogen) atoms. The second-order valence-corrected chi connectivity index (χ2v) is 7.57. The Morgan fingerprint density at radius 1 is 0.962 bits per heavy atom. The minimum absolute atomic E-state index is 0.0971. The van der Waals surface area contributed by atoms with Gasteiger partial charge in [-0.2, -0.15) is 0 Å². The number of hydrogen-bond donors (Lipinski definition) is 1. The quantitative estimate of drug-likeness (QED) is 0.538. The Morgan fingerprint density at radius 2 is 1.77 bits per heavy atom. The van der Waals surface area contributed by atoms with Crippen molar-refractivity contribution in [3.8, 4) is 0 Å². The third kappa shape index (κ3) is 3.10. The van der Waals surface area contributed by atoms with E-state index in [0.717, 1.165) is 16.1 Å². The van der Waals surface area contributed by atoms with Crippen LogP contribution in [-0.2, 0) is 5.75 Å². The normalized spacial score (nSPS) is 11.3. The number of benzene rings is 2. The summed E-state index contributed by atoms with van der Waals surface area (Å²) in [7, 11) is 0. The van der Waals surface area contributed by atoms with Crippen molar-refractivity contribution in [1.29, 1.82) is 0 Å². The van der Waals surface area contributed by atoms with Gasteiger partial charge in [-0.3, -0.25) is 4.79 Å². The Kier molecular flexibility index (Phi) is 4.24. The fourth-order valence-electron chi connectivity index (χ4n) is 3.23. The first-order valence-corrected chi connectivity index (χ1v) is 9.49. The van der Waals surface area contributed by atoms with Crippen molar-refractivity contribution in [3.63, 3.8) is 0 Å². The van der Waals surface area contributed by atoms with E-state index in [9.17, 15) is 4.79 Å². The first kappa shape index (κ1) is 16.8. The topological polar surface area (TPSA) is 58.6 Å². The van der Waals surface area contributed by atoms with Gasteiger partial charge in [-0.15, -0.1) is 0 Å². The summed E-state index contributed by atoms with van der Waals surface area (Å²) in [4.78, 5) is 24.5. The maximum Gasteiger partial charge on any atom is 0.258 e. The van der Waals surface area contributed by atoms with Gasteiger partial charge in [0, 0.05) is 5.39 Å². The number of hydrogen-bond acceptors (Lipinski definition) is 4. The minimum Gasteiger partial charge on any atom is -0.309 e. The lowest BCUT2D eigenvalue weighted by atomic mass is 10.0. The summed E-state index contributed by atoms with van der Waals surface area (Å²) < 4.78 is 0. The van der Waals surface area contributed by atoms with Crippen molar-refractivity contribution in [2.24, 2.45) is 0 Å². The van der Waals surface area contributed by atoms with E-state index >= 15 is 0 Å². The molecule has 0 amide bonds. The van der Waals surface area contributed by atoms with Gasteiger partial charge >= 0.3 is 0 Å². The Balaban J connectivity index is 1.67. The Bertz CT molecular complexity index is 1200. The number of thioether (sulfide) groups is 1. The standard InChI is InChI=1S/C21H19N3OS/c1-12-8-14(3)20-16(9-12)13(2)10-19(24-20)26-11-18-22-17-7-5-4-6-15(17)21(25)23-18/h4-10H,11H2,1-3H3,(H,22,23,25). The van der Waals surface area contributed by atoms with Gasteiger partial charge in [-0.25, -0.2) is 9.97 Å². The van der Waals surface area contributed by atoms with E-state index < -0.39 is 0 Å². The van der Waals surface area contributed by atoms with Crippen LogP contribution in [0.25, 0.3) is 21.8 Å². The van der Waals surface area contributed by atoms with Crippen LogP contribution in [0.3, 0.4) is 0 Å². The molecule has 0 saturated carbocycles. The van der Waals surface area contributed by atoms with Crippen LogP contribution in [0.2, 0.25) is 0 Å². The first-order chi connectivity index (χ1) is 12.5. The van der Waals surface area contributed by atoms with Crippen molar-refractivity contribution >= 4 is 33.6 Å². The van der Waals surface area contributed by atoms with Gasteiger partial charge in [0.05, 0.1) is 27.2 Å². The zero-order chi connectivity index (χ0) is 18.3. The number of pyridine rings is 1. The van der Waals surface area contributed by atoms with Crippen molar-refractivity contribution in [1.82, 2.24) is 15.0 Å². The SMILES string of the molecule is Cc1cc(C)c2nc(SCc3nc4ccccc4c(=O)[nH]3)cc(C)c2c1. The van der Waals surface area contributed by atoms with Crippen LogP contribution in [0.15, 0.2) is 52.3 Å². The lowest BCUT2D eigenvalue weighted by Gasteiger charge is -2.09. The molecule has 0 aliphatic carbocycles. The number of aromatic amines is 1. The summed E-state index contributed by atoms with van der Waals surface area (Å²) in [6.07, 6.45) is 0. The number of rotatable bonds is 3. The lowest BCUT2D eigenvalue weighted by molar-refractivity contribution is 1.03. The van der Waals surface area contributed by atoms with E-state index in [1.807, 2.05) is 18.2 Å². The highest BCUT2D eigenvalue weighted by Gasteiger charge is 2.09. The Morgan fingerprint density at radius 3 is 2.62 bits per heavy atom. The molecule has 2 heterocycles. The van der Waals surface area contributed by atoms with E-state index in [-0.39, 0.29) is 5.56 Å². The molecule has 4 aromatic rings. The molecule has 0 unspecified atom stereocenters. The molecule has 0 spiro atoms. The summed E-state index contributed by atoms with van der Waals surface area (Å²) >= 11 is 1.59. The number of para-hydroxylation sites is 1. The van der Waals surface area contributed by atoms with Crippen molar-refractivity contribution in [3.05, 3.63) is 75.3 Å². The fourth-order valence-corrected chi connectivity index (χ4v) is 4.07. The van der Waals surface area contributed by atoms with Crippen LogP contribution in [0.4, 0.5) is 0 Å². The molecule has 0 aliphatic rings. The van der Waals surface area contributed by atoms with Gasteiger partial charge in [0.15, 0.2) is 0 Å². The highest BCUT2D eigenvalue weighted by molar-refractivity contribution is 7.98. The van der Waals surface area contributed by atoms with E-state index in [0.29, 0.717) is 17.0 Å². The van der Waals surface area contributed by atoms with E-state index in [4.69, 9.17) is 4.98 Å². The molecule has 130 valence electrons. The van der Waals surface area contributed by atoms with Gasteiger partial charge in [0.1, 0.15) is 5.82 Å². The molecule has 0 radical (unpaired) electrons. The molecular formula is C21H19N3OS. The van der Waals surface area contributed by atoms with Crippen LogP contribution in [-0.4, -0.2) is 15.0 Å². The molecule has 0 saturated heterocycles. The van der Waals surface area contributed by atoms with Crippen LogP contribution in [0.1, 0.15) is 22.5 Å².